The number of aryl methyl sites for hydroxylation is 2. The van der Waals surface area contributed by atoms with E-state index in [1.807, 2.05) is 25.1 Å². The van der Waals surface area contributed by atoms with Crippen LogP contribution in [0.3, 0.4) is 0 Å². The Kier molecular flexibility index (Phi) is 3.01. The quantitative estimate of drug-likeness (QED) is 0.804. The van der Waals surface area contributed by atoms with E-state index in [-0.39, 0.29) is 11.6 Å². The highest BCUT2D eigenvalue weighted by atomic mass is 16.2. The summed E-state index contributed by atoms with van der Waals surface area (Å²) in [4.78, 5) is 26.6. The number of allylic oxidation sites excluding steroid dienone is 1. The smallest absolute Gasteiger partial charge is 0.318 e. The first-order valence-electron chi connectivity index (χ1n) is 7.04. The fraction of sp³-hybridized carbons (Fsp3) is 0.375. The van der Waals surface area contributed by atoms with Gasteiger partial charge in [-0.25, -0.2) is 4.79 Å². The minimum Gasteiger partial charge on any atom is -0.318 e. The summed E-state index contributed by atoms with van der Waals surface area (Å²) in [5.41, 5.74) is 3.43. The van der Waals surface area contributed by atoms with E-state index in [1.165, 1.54) is 0 Å². The van der Waals surface area contributed by atoms with Crippen LogP contribution in [0.15, 0.2) is 35.3 Å². The van der Waals surface area contributed by atoms with Crippen molar-refractivity contribution in [3.05, 3.63) is 46.5 Å². The molecule has 2 aromatic rings. The molecule has 1 aliphatic rings. The molecule has 1 amide bonds. The van der Waals surface area contributed by atoms with E-state index in [0.717, 1.165) is 28.7 Å². The second-order valence-electron chi connectivity index (χ2n) is 5.72. The van der Waals surface area contributed by atoms with Crippen molar-refractivity contribution in [2.45, 2.75) is 25.8 Å². The number of carbonyl (C=O) groups excluding carboxylic acids is 1. The number of amides is 1. The Labute approximate surface area is 123 Å². The first kappa shape index (κ1) is 13.7. The number of likely N-dealkylation sites (N-methyl/N-ethyl adjacent to an activating group) is 1. The topological polar surface area (TPSA) is 47.2 Å². The number of nitrogens with zero attached hydrogens (tertiary/aromatic N) is 3. The zero-order chi connectivity index (χ0) is 15.3. The van der Waals surface area contributed by atoms with Gasteiger partial charge in [-0.05, 0) is 37.5 Å². The van der Waals surface area contributed by atoms with Gasteiger partial charge in [0, 0.05) is 19.8 Å². The molecule has 1 unspecified atom stereocenters. The molecule has 21 heavy (non-hydrogen) atoms. The van der Waals surface area contributed by atoms with Gasteiger partial charge in [0.05, 0.1) is 11.0 Å². The predicted octanol–water partition coefficient (Wildman–Crippen LogP) is 1.96. The summed E-state index contributed by atoms with van der Waals surface area (Å²) in [7, 11) is 3.47. The summed E-state index contributed by atoms with van der Waals surface area (Å²) in [6.07, 6.45) is 1.34. The molecule has 0 N–H and O–H groups in total. The summed E-state index contributed by atoms with van der Waals surface area (Å²) in [6, 6.07) is 5.42. The van der Waals surface area contributed by atoms with Gasteiger partial charge >= 0.3 is 5.69 Å². The van der Waals surface area contributed by atoms with Crippen molar-refractivity contribution < 1.29 is 4.79 Å². The molecule has 0 bridgehead atoms. The largest absolute Gasteiger partial charge is 0.329 e. The minimum atomic E-state index is -0.445. The molecule has 0 aliphatic carbocycles. The fourth-order valence-corrected chi connectivity index (χ4v) is 2.99. The van der Waals surface area contributed by atoms with Crippen molar-refractivity contribution in [3.63, 3.8) is 0 Å². The van der Waals surface area contributed by atoms with Crippen molar-refractivity contribution >= 4 is 16.9 Å². The molecular formula is C16H19N3O2. The lowest BCUT2D eigenvalue weighted by Crippen LogP contribution is -2.41. The van der Waals surface area contributed by atoms with Crippen LogP contribution in [0.1, 0.15) is 24.4 Å². The number of benzene rings is 1. The molecule has 0 saturated carbocycles. The molecule has 5 heteroatoms. The van der Waals surface area contributed by atoms with Gasteiger partial charge in [0.25, 0.3) is 0 Å². The highest BCUT2D eigenvalue weighted by molar-refractivity contribution is 5.86. The molecule has 0 radical (unpaired) electrons. The number of fused-ring (bicyclic) bond motifs is 1. The van der Waals surface area contributed by atoms with Gasteiger partial charge < -0.3 is 4.90 Å². The van der Waals surface area contributed by atoms with Gasteiger partial charge in [-0.15, -0.1) is 0 Å². The highest BCUT2D eigenvalue weighted by Crippen LogP contribution is 2.29. The molecule has 2 heterocycles. The SMILES string of the molecule is C=C1CCC(n2c(=O)n(C)c3cc(C)ccc32)C(=O)N1C. The predicted molar refractivity (Wildman–Crippen MR) is 82.1 cm³/mol. The van der Waals surface area contributed by atoms with E-state index in [0.29, 0.717) is 6.42 Å². The molecule has 3 rings (SSSR count). The number of rotatable bonds is 1. The molecule has 1 atom stereocenters. The number of imidazole rings is 1. The van der Waals surface area contributed by atoms with E-state index < -0.39 is 6.04 Å². The van der Waals surface area contributed by atoms with Crippen LogP contribution >= 0.6 is 0 Å². The number of carbonyl (C=O) groups is 1. The molecule has 1 aromatic carbocycles. The Hall–Kier alpha value is -2.30. The van der Waals surface area contributed by atoms with Crippen LogP contribution in [0.5, 0.6) is 0 Å². The summed E-state index contributed by atoms with van der Waals surface area (Å²) in [5.74, 6) is -0.0681. The van der Waals surface area contributed by atoms with Gasteiger partial charge in [-0.1, -0.05) is 12.6 Å². The van der Waals surface area contributed by atoms with Gasteiger partial charge in [-0.3, -0.25) is 13.9 Å². The van der Waals surface area contributed by atoms with Crippen molar-refractivity contribution in [1.29, 1.82) is 0 Å². The Morgan fingerprint density at radius 3 is 2.62 bits per heavy atom. The lowest BCUT2D eigenvalue weighted by Gasteiger charge is -2.31. The average molecular weight is 285 g/mol. The highest BCUT2D eigenvalue weighted by Gasteiger charge is 2.32. The number of likely N-dealkylation sites (tertiary alicyclic amines) is 1. The number of hydrogen-bond donors (Lipinski definition) is 0. The second-order valence-corrected chi connectivity index (χ2v) is 5.72. The first-order chi connectivity index (χ1) is 9.91. The normalized spacial score (nSPS) is 19.6. The molecule has 110 valence electrons. The molecule has 1 aliphatic heterocycles. The van der Waals surface area contributed by atoms with Crippen LogP contribution in [0.2, 0.25) is 0 Å². The van der Waals surface area contributed by atoms with Gasteiger partial charge in [0.15, 0.2) is 0 Å². The van der Waals surface area contributed by atoms with Crippen molar-refractivity contribution in [3.8, 4) is 0 Å². The van der Waals surface area contributed by atoms with E-state index in [1.54, 1.807) is 28.1 Å². The molecule has 1 saturated heterocycles. The molecular weight excluding hydrogens is 266 g/mol. The average Bonchev–Trinajstić information content (AvgIpc) is 2.70. The Morgan fingerprint density at radius 2 is 1.90 bits per heavy atom. The van der Waals surface area contributed by atoms with Crippen LogP contribution in [-0.2, 0) is 11.8 Å². The lowest BCUT2D eigenvalue weighted by atomic mass is 10.0. The van der Waals surface area contributed by atoms with Crippen LogP contribution in [-0.4, -0.2) is 27.0 Å². The van der Waals surface area contributed by atoms with E-state index in [2.05, 4.69) is 6.58 Å². The number of piperidine rings is 1. The summed E-state index contributed by atoms with van der Waals surface area (Å²) in [6.45, 7) is 5.88. The van der Waals surface area contributed by atoms with Gasteiger partial charge in [0.2, 0.25) is 5.91 Å². The summed E-state index contributed by atoms with van der Waals surface area (Å²) < 4.78 is 3.24. The first-order valence-corrected chi connectivity index (χ1v) is 7.04. The molecule has 1 fully saturated rings. The zero-order valence-electron chi connectivity index (χ0n) is 12.6. The van der Waals surface area contributed by atoms with Crippen LogP contribution in [0.4, 0.5) is 0 Å². The maximum Gasteiger partial charge on any atom is 0.329 e. The van der Waals surface area contributed by atoms with Crippen molar-refractivity contribution in [2.24, 2.45) is 7.05 Å². The van der Waals surface area contributed by atoms with Crippen LogP contribution in [0.25, 0.3) is 11.0 Å². The maximum absolute atomic E-state index is 12.6. The Bertz CT molecular complexity index is 813. The number of hydrogen-bond acceptors (Lipinski definition) is 2. The van der Waals surface area contributed by atoms with E-state index in [9.17, 15) is 9.59 Å². The van der Waals surface area contributed by atoms with Gasteiger partial charge in [-0.2, -0.15) is 0 Å². The van der Waals surface area contributed by atoms with Crippen molar-refractivity contribution in [1.82, 2.24) is 14.0 Å². The van der Waals surface area contributed by atoms with Crippen molar-refractivity contribution in [2.75, 3.05) is 7.05 Å². The minimum absolute atomic E-state index is 0.0681. The van der Waals surface area contributed by atoms with Crippen LogP contribution in [0, 0.1) is 6.92 Å². The molecule has 1 aromatic heterocycles. The summed E-state index contributed by atoms with van der Waals surface area (Å²) in [5, 5.41) is 0. The Morgan fingerprint density at radius 1 is 1.19 bits per heavy atom. The van der Waals surface area contributed by atoms with Crippen LogP contribution < -0.4 is 5.69 Å². The third-order valence-corrected chi connectivity index (χ3v) is 4.35. The standard InChI is InChI=1S/C16H19N3O2/c1-10-5-7-12-14(9-10)18(4)16(21)19(12)13-8-6-11(2)17(3)15(13)20/h5,7,9,13H,2,6,8H2,1,3-4H3. The molecule has 0 spiro atoms. The monoisotopic (exact) mass is 285 g/mol. The zero-order valence-corrected chi connectivity index (χ0v) is 12.6. The molecule has 5 nitrogen and oxygen atoms in total. The Balaban J connectivity index is 2.21. The maximum atomic E-state index is 12.6. The van der Waals surface area contributed by atoms with E-state index in [4.69, 9.17) is 0 Å². The lowest BCUT2D eigenvalue weighted by molar-refractivity contribution is -0.133. The fourth-order valence-electron chi connectivity index (χ4n) is 2.99. The third-order valence-electron chi connectivity index (χ3n) is 4.35. The third kappa shape index (κ3) is 1.92. The second kappa shape index (κ2) is 4.62. The summed E-state index contributed by atoms with van der Waals surface area (Å²) >= 11 is 0. The van der Waals surface area contributed by atoms with E-state index >= 15 is 0 Å². The van der Waals surface area contributed by atoms with Gasteiger partial charge in [0.1, 0.15) is 6.04 Å². The number of aromatic nitrogens is 2.